The fraction of sp³-hybridized carbons (Fsp3) is 0.238. The minimum Gasteiger partial charge on any atom is -0.466 e. The molecule has 0 unspecified atom stereocenters. The number of anilines is 2. The highest BCUT2D eigenvalue weighted by molar-refractivity contribution is 6.11. The number of aryl methyl sites for hydroxylation is 1. The van der Waals surface area contributed by atoms with Crippen molar-refractivity contribution in [1.82, 2.24) is 9.88 Å². The van der Waals surface area contributed by atoms with Gasteiger partial charge >= 0.3 is 5.97 Å². The van der Waals surface area contributed by atoms with Crippen molar-refractivity contribution in [1.29, 1.82) is 0 Å². The van der Waals surface area contributed by atoms with Gasteiger partial charge in [-0.1, -0.05) is 18.2 Å². The number of aromatic nitrogens is 1. The Morgan fingerprint density at radius 3 is 2.67 bits per heavy atom. The van der Waals surface area contributed by atoms with E-state index in [4.69, 9.17) is 4.74 Å². The Kier molecular flexibility index (Phi) is 6.43. The number of pyridine rings is 1. The van der Waals surface area contributed by atoms with Gasteiger partial charge in [0.05, 0.1) is 37.1 Å². The van der Waals surface area contributed by atoms with Crippen LogP contribution >= 0.6 is 0 Å². The SMILES string of the molecule is COC(=O)C1=C(Nc2ccccc2C(=O)Nc2cccc(C)n2)C(=O)N(CCO)C1. The number of methoxy groups -OCH3 is 1. The number of aliphatic hydroxyl groups is 1. The number of carbonyl (C=O) groups is 3. The third-order valence-corrected chi connectivity index (χ3v) is 4.51. The van der Waals surface area contributed by atoms with Crippen LogP contribution in [0.25, 0.3) is 0 Å². The van der Waals surface area contributed by atoms with E-state index in [1.165, 1.54) is 12.0 Å². The molecule has 1 aromatic heterocycles. The average molecular weight is 410 g/mol. The highest BCUT2D eigenvalue weighted by Gasteiger charge is 2.34. The van der Waals surface area contributed by atoms with Gasteiger partial charge in [-0.15, -0.1) is 0 Å². The first kappa shape index (κ1) is 21.0. The number of ether oxygens (including phenoxy) is 1. The molecule has 9 nitrogen and oxygen atoms in total. The predicted octanol–water partition coefficient (Wildman–Crippen LogP) is 1.32. The Hall–Kier alpha value is -3.72. The number of nitrogens with zero attached hydrogens (tertiary/aromatic N) is 2. The lowest BCUT2D eigenvalue weighted by Crippen LogP contribution is -2.31. The lowest BCUT2D eigenvalue weighted by molar-refractivity contribution is -0.136. The van der Waals surface area contributed by atoms with Gasteiger partial charge in [0, 0.05) is 12.2 Å². The van der Waals surface area contributed by atoms with Crippen LogP contribution in [0.3, 0.4) is 0 Å². The molecule has 2 amide bonds. The maximum atomic E-state index is 12.8. The molecule has 156 valence electrons. The van der Waals surface area contributed by atoms with Crippen LogP contribution in [0.1, 0.15) is 16.1 Å². The molecule has 0 radical (unpaired) electrons. The number of rotatable bonds is 7. The van der Waals surface area contributed by atoms with Crippen molar-refractivity contribution in [3.8, 4) is 0 Å². The van der Waals surface area contributed by atoms with Gasteiger partial charge in [-0.05, 0) is 31.2 Å². The number of β-amino-alcohol motifs (C(OH)–C–C–N with tert-alkyl or cyclic N) is 1. The molecule has 0 fully saturated rings. The molecule has 1 aromatic carbocycles. The lowest BCUT2D eigenvalue weighted by Gasteiger charge is -2.16. The van der Waals surface area contributed by atoms with E-state index in [9.17, 15) is 19.5 Å². The first-order chi connectivity index (χ1) is 14.4. The van der Waals surface area contributed by atoms with Crippen LogP contribution in [0.15, 0.2) is 53.7 Å². The second-order valence-electron chi connectivity index (χ2n) is 6.58. The summed E-state index contributed by atoms with van der Waals surface area (Å²) in [6.45, 7) is 1.66. The van der Waals surface area contributed by atoms with Crippen molar-refractivity contribution in [3.05, 3.63) is 65.0 Å². The van der Waals surface area contributed by atoms with Gasteiger partial charge in [0.25, 0.3) is 11.8 Å². The zero-order valence-corrected chi connectivity index (χ0v) is 16.6. The topological polar surface area (TPSA) is 121 Å². The molecule has 0 spiro atoms. The lowest BCUT2D eigenvalue weighted by atomic mass is 10.1. The first-order valence-corrected chi connectivity index (χ1v) is 9.27. The highest BCUT2D eigenvalue weighted by Crippen LogP contribution is 2.25. The van der Waals surface area contributed by atoms with Crippen molar-refractivity contribution in [3.63, 3.8) is 0 Å². The number of amides is 2. The molecule has 1 aliphatic rings. The molecular weight excluding hydrogens is 388 g/mol. The number of esters is 1. The number of nitrogens with one attached hydrogen (secondary N) is 2. The summed E-state index contributed by atoms with van der Waals surface area (Å²) in [6.07, 6.45) is 0. The van der Waals surface area contributed by atoms with Crippen LogP contribution in [0.4, 0.5) is 11.5 Å². The van der Waals surface area contributed by atoms with E-state index in [1.807, 2.05) is 13.0 Å². The summed E-state index contributed by atoms with van der Waals surface area (Å²) >= 11 is 0. The second kappa shape index (κ2) is 9.19. The van der Waals surface area contributed by atoms with Gasteiger partial charge in [-0.2, -0.15) is 0 Å². The molecule has 0 atom stereocenters. The first-order valence-electron chi connectivity index (χ1n) is 9.27. The molecule has 0 bridgehead atoms. The van der Waals surface area contributed by atoms with E-state index in [0.29, 0.717) is 11.5 Å². The normalized spacial score (nSPS) is 13.4. The second-order valence-corrected chi connectivity index (χ2v) is 6.58. The summed E-state index contributed by atoms with van der Waals surface area (Å²) in [5.74, 6) is -1.14. The van der Waals surface area contributed by atoms with Gasteiger partial charge in [0.2, 0.25) is 0 Å². The number of hydrogen-bond donors (Lipinski definition) is 3. The van der Waals surface area contributed by atoms with Crippen molar-refractivity contribution in [2.75, 3.05) is 37.4 Å². The van der Waals surface area contributed by atoms with Crippen molar-refractivity contribution < 1.29 is 24.2 Å². The van der Waals surface area contributed by atoms with Crippen LogP contribution in [-0.4, -0.2) is 59.6 Å². The van der Waals surface area contributed by atoms with Crippen LogP contribution < -0.4 is 10.6 Å². The van der Waals surface area contributed by atoms with E-state index in [1.54, 1.807) is 36.4 Å². The van der Waals surface area contributed by atoms with Gasteiger partial charge < -0.3 is 25.4 Å². The van der Waals surface area contributed by atoms with E-state index in [0.717, 1.165) is 5.69 Å². The maximum absolute atomic E-state index is 12.8. The van der Waals surface area contributed by atoms with Crippen LogP contribution in [-0.2, 0) is 14.3 Å². The van der Waals surface area contributed by atoms with E-state index < -0.39 is 17.8 Å². The number of carbonyl (C=O) groups excluding carboxylic acids is 3. The molecule has 2 aromatic rings. The summed E-state index contributed by atoms with van der Waals surface area (Å²) in [4.78, 5) is 43.3. The largest absolute Gasteiger partial charge is 0.466 e. The summed E-state index contributed by atoms with van der Waals surface area (Å²) in [5.41, 5.74) is 1.52. The van der Waals surface area contributed by atoms with E-state index in [-0.39, 0.29) is 36.5 Å². The molecule has 0 aliphatic carbocycles. The van der Waals surface area contributed by atoms with E-state index >= 15 is 0 Å². The fourth-order valence-corrected chi connectivity index (χ4v) is 3.07. The smallest absolute Gasteiger partial charge is 0.337 e. The Morgan fingerprint density at radius 2 is 1.97 bits per heavy atom. The molecule has 3 rings (SSSR count). The Labute approximate surface area is 173 Å². The number of benzene rings is 1. The zero-order valence-electron chi connectivity index (χ0n) is 16.6. The van der Waals surface area contributed by atoms with Gasteiger partial charge in [0.15, 0.2) is 0 Å². The summed E-state index contributed by atoms with van der Waals surface area (Å²) < 4.78 is 4.78. The predicted molar refractivity (Wildman–Crippen MR) is 110 cm³/mol. The van der Waals surface area contributed by atoms with E-state index in [2.05, 4.69) is 15.6 Å². The Morgan fingerprint density at radius 1 is 1.20 bits per heavy atom. The minimum absolute atomic E-state index is 0.00990. The number of hydrogen-bond acceptors (Lipinski definition) is 7. The van der Waals surface area contributed by atoms with Crippen LogP contribution in [0.2, 0.25) is 0 Å². The van der Waals surface area contributed by atoms with Crippen LogP contribution in [0.5, 0.6) is 0 Å². The molecule has 0 saturated heterocycles. The van der Waals surface area contributed by atoms with Crippen molar-refractivity contribution >= 4 is 29.3 Å². The average Bonchev–Trinajstić information content (AvgIpc) is 3.04. The summed E-state index contributed by atoms with van der Waals surface area (Å²) in [6, 6.07) is 11.9. The molecule has 0 saturated carbocycles. The molecule has 2 heterocycles. The summed E-state index contributed by atoms with van der Waals surface area (Å²) in [5, 5.41) is 14.8. The number of para-hydroxylation sites is 1. The minimum atomic E-state index is -0.655. The molecule has 3 N–H and O–H groups in total. The van der Waals surface area contributed by atoms with Crippen LogP contribution in [0, 0.1) is 6.92 Å². The fourth-order valence-electron chi connectivity index (χ4n) is 3.07. The third kappa shape index (κ3) is 4.47. The molecule has 9 heteroatoms. The van der Waals surface area contributed by atoms with Gasteiger partial charge in [-0.25, -0.2) is 9.78 Å². The zero-order chi connectivity index (χ0) is 21.7. The number of aliphatic hydroxyl groups excluding tert-OH is 1. The standard InChI is InChI=1S/C21H22N4O5/c1-13-6-5-9-17(22-13)24-19(27)14-7-3-4-8-16(14)23-18-15(21(29)30-2)12-25(10-11-26)20(18)28/h3-9,23,26H,10-12H2,1-2H3,(H,22,24,27). The molecule has 30 heavy (non-hydrogen) atoms. The molecule has 1 aliphatic heterocycles. The van der Waals surface area contributed by atoms with Crippen molar-refractivity contribution in [2.45, 2.75) is 6.92 Å². The van der Waals surface area contributed by atoms with Gasteiger partial charge in [0.1, 0.15) is 11.5 Å². The molecular formula is C21H22N4O5. The highest BCUT2D eigenvalue weighted by atomic mass is 16.5. The quantitative estimate of drug-likeness (QED) is 0.589. The summed E-state index contributed by atoms with van der Waals surface area (Å²) in [7, 11) is 1.22. The Bertz CT molecular complexity index is 1020. The van der Waals surface area contributed by atoms with Crippen molar-refractivity contribution in [2.24, 2.45) is 0 Å². The monoisotopic (exact) mass is 410 g/mol. The Balaban J connectivity index is 1.90. The van der Waals surface area contributed by atoms with Gasteiger partial charge in [-0.3, -0.25) is 9.59 Å². The third-order valence-electron chi connectivity index (χ3n) is 4.51. The maximum Gasteiger partial charge on any atom is 0.337 e.